The fraction of sp³-hybridized carbons (Fsp3) is 0.381. The minimum Gasteiger partial charge on any atom is -0.392 e. The second kappa shape index (κ2) is 8.24. The highest BCUT2D eigenvalue weighted by molar-refractivity contribution is 5.53. The van der Waals surface area contributed by atoms with Gasteiger partial charge in [-0.3, -0.25) is 0 Å². The molecule has 1 atom stereocenters. The fourth-order valence-electron chi connectivity index (χ4n) is 3.32. The normalized spacial score (nSPS) is 13.5. The second-order valence-corrected chi connectivity index (χ2v) is 6.86. The van der Waals surface area contributed by atoms with Gasteiger partial charge in [0.25, 0.3) is 0 Å². The number of halogens is 1. The van der Waals surface area contributed by atoms with Gasteiger partial charge in [-0.15, -0.1) is 0 Å². The summed E-state index contributed by atoms with van der Waals surface area (Å²) in [5.41, 5.74) is 2.92. The molecule has 0 saturated carbocycles. The van der Waals surface area contributed by atoms with Crippen molar-refractivity contribution >= 4 is 5.69 Å². The van der Waals surface area contributed by atoms with E-state index in [4.69, 9.17) is 6.57 Å². The third-order valence-corrected chi connectivity index (χ3v) is 4.75. The van der Waals surface area contributed by atoms with E-state index in [1.54, 1.807) is 12.1 Å². The van der Waals surface area contributed by atoms with Crippen LogP contribution in [0.2, 0.25) is 0 Å². The molecule has 0 bridgehead atoms. The number of rotatable bonds is 7. The fourth-order valence-corrected chi connectivity index (χ4v) is 3.32. The Hall–Kier alpha value is -2.22. The number of hydrogen-bond donors (Lipinski definition) is 1. The Kier molecular flexibility index (Phi) is 6.30. The third-order valence-electron chi connectivity index (χ3n) is 4.75. The lowest BCUT2D eigenvalue weighted by Crippen LogP contribution is -2.27. The molecular weight excluding hydrogens is 315 g/mol. The zero-order valence-corrected chi connectivity index (χ0v) is 15.1. The van der Waals surface area contributed by atoms with Gasteiger partial charge >= 0.3 is 0 Å². The molecule has 0 saturated heterocycles. The number of aliphatic hydroxyl groups is 1. The average Bonchev–Trinajstić information content (AvgIpc) is 2.61. The summed E-state index contributed by atoms with van der Waals surface area (Å²) in [5, 5.41) is 9.84. The van der Waals surface area contributed by atoms with Crippen molar-refractivity contribution in [1.82, 2.24) is 4.90 Å². The van der Waals surface area contributed by atoms with Crippen molar-refractivity contribution in [3.63, 3.8) is 0 Å². The van der Waals surface area contributed by atoms with Crippen LogP contribution >= 0.6 is 0 Å². The third kappa shape index (κ3) is 4.45. The molecule has 4 heteroatoms. The summed E-state index contributed by atoms with van der Waals surface area (Å²) in [7, 11) is 4.08. The van der Waals surface area contributed by atoms with Crippen LogP contribution in [-0.4, -0.2) is 30.6 Å². The number of aliphatic hydroxyl groups excluding tert-OH is 1. The number of benzene rings is 2. The molecule has 2 aromatic rings. The van der Waals surface area contributed by atoms with Gasteiger partial charge in [-0.1, -0.05) is 37.3 Å². The van der Waals surface area contributed by atoms with Gasteiger partial charge in [0, 0.05) is 5.41 Å². The van der Waals surface area contributed by atoms with Crippen LogP contribution in [0.3, 0.4) is 0 Å². The zero-order valence-electron chi connectivity index (χ0n) is 15.1. The van der Waals surface area contributed by atoms with Gasteiger partial charge in [-0.25, -0.2) is 9.24 Å². The predicted molar refractivity (Wildman–Crippen MR) is 99.3 cm³/mol. The summed E-state index contributed by atoms with van der Waals surface area (Å²) in [6.45, 7) is 10.1. The smallest absolute Gasteiger partial charge is 0.187 e. The van der Waals surface area contributed by atoms with E-state index in [0.29, 0.717) is 5.69 Å². The summed E-state index contributed by atoms with van der Waals surface area (Å²) >= 11 is 0. The molecule has 1 N–H and O–H groups in total. The number of nitrogens with zero attached hydrogens (tertiary/aromatic N) is 2. The molecule has 0 heterocycles. The molecule has 0 radical (unpaired) electrons. The van der Waals surface area contributed by atoms with Crippen LogP contribution < -0.4 is 0 Å². The van der Waals surface area contributed by atoms with Crippen LogP contribution in [0.5, 0.6) is 0 Å². The Morgan fingerprint density at radius 3 is 2.40 bits per heavy atom. The highest BCUT2D eigenvalue weighted by Gasteiger charge is 2.30. The Morgan fingerprint density at radius 1 is 1.16 bits per heavy atom. The van der Waals surface area contributed by atoms with Crippen LogP contribution in [0, 0.1) is 12.4 Å². The predicted octanol–water partition coefficient (Wildman–Crippen LogP) is 4.52. The van der Waals surface area contributed by atoms with E-state index in [-0.39, 0.29) is 17.8 Å². The minimum atomic E-state index is -0.359. The molecular formula is C21H25FN2O. The Balaban J connectivity index is 2.51. The van der Waals surface area contributed by atoms with Crippen molar-refractivity contribution in [1.29, 1.82) is 0 Å². The highest BCUT2D eigenvalue weighted by atomic mass is 19.1. The van der Waals surface area contributed by atoms with E-state index in [1.807, 2.05) is 32.3 Å². The van der Waals surface area contributed by atoms with E-state index in [0.717, 1.165) is 36.1 Å². The van der Waals surface area contributed by atoms with E-state index in [9.17, 15) is 9.50 Å². The molecule has 132 valence electrons. The zero-order chi connectivity index (χ0) is 18.4. The minimum absolute atomic E-state index is 0.122. The van der Waals surface area contributed by atoms with Crippen molar-refractivity contribution in [3.05, 3.63) is 76.4 Å². The average molecular weight is 340 g/mol. The van der Waals surface area contributed by atoms with Gasteiger partial charge in [0.05, 0.1) is 13.2 Å². The van der Waals surface area contributed by atoms with Crippen LogP contribution in [0.25, 0.3) is 4.85 Å². The van der Waals surface area contributed by atoms with E-state index in [2.05, 4.69) is 16.7 Å². The first-order valence-corrected chi connectivity index (χ1v) is 8.43. The largest absolute Gasteiger partial charge is 0.392 e. The molecule has 2 rings (SSSR count). The lowest BCUT2D eigenvalue weighted by atomic mass is 9.71. The van der Waals surface area contributed by atoms with Crippen LogP contribution in [-0.2, 0) is 12.0 Å². The first kappa shape index (κ1) is 19.1. The second-order valence-electron chi connectivity index (χ2n) is 6.86. The SMILES string of the molecule is [C-]#[N+]c1ccc(C(C)(CCCN(C)C)c2ccc(F)cc2)c(CO)c1. The van der Waals surface area contributed by atoms with E-state index < -0.39 is 0 Å². The summed E-state index contributed by atoms with van der Waals surface area (Å²) in [6, 6.07) is 12.0. The Bertz CT molecular complexity index is 749. The lowest BCUT2D eigenvalue weighted by Gasteiger charge is -2.33. The molecule has 25 heavy (non-hydrogen) atoms. The monoisotopic (exact) mass is 340 g/mol. The summed E-state index contributed by atoms with van der Waals surface area (Å²) in [4.78, 5) is 5.59. The van der Waals surface area contributed by atoms with Crippen LogP contribution in [0.1, 0.15) is 36.5 Å². The Labute approximate surface area is 149 Å². The van der Waals surface area contributed by atoms with Crippen LogP contribution in [0.15, 0.2) is 42.5 Å². The van der Waals surface area contributed by atoms with Gasteiger partial charge in [0.1, 0.15) is 5.82 Å². The topological polar surface area (TPSA) is 27.8 Å². The van der Waals surface area contributed by atoms with E-state index >= 15 is 0 Å². The van der Waals surface area contributed by atoms with Crippen molar-refractivity contribution in [2.45, 2.75) is 31.8 Å². The molecule has 0 aliphatic carbocycles. The molecule has 1 unspecified atom stereocenters. The maximum Gasteiger partial charge on any atom is 0.187 e. The van der Waals surface area contributed by atoms with Gasteiger partial charge in [0.2, 0.25) is 0 Å². The molecule has 0 fully saturated rings. The highest BCUT2D eigenvalue weighted by Crippen LogP contribution is 2.39. The number of hydrogen-bond acceptors (Lipinski definition) is 2. The molecule has 0 aliphatic heterocycles. The maximum atomic E-state index is 13.4. The van der Waals surface area contributed by atoms with Gasteiger partial charge in [-0.05, 0) is 62.3 Å². The van der Waals surface area contributed by atoms with E-state index in [1.165, 1.54) is 12.1 Å². The lowest BCUT2D eigenvalue weighted by molar-refractivity contribution is 0.277. The van der Waals surface area contributed by atoms with Gasteiger partial charge < -0.3 is 10.0 Å². The summed E-state index contributed by atoms with van der Waals surface area (Å²) in [6.07, 6.45) is 1.83. The van der Waals surface area contributed by atoms with Crippen LogP contribution in [0.4, 0.5) is 10.1 Å². The summed E-state index contributed by atoms with van der Waals surface area (Å²) in [5.74, 6) is -0.259. The van der Waals surface area contributed by atoms with Gasteiger partial charge in [-0.2, -0.15) is 0 Å². The van der Waals surface area contributed by atoms with Crippen molar-refractivity contribution in [2.24, 2.45) is 0 Å². The standard InChI is InChI=1S/C21H25FN2O/c1-21(12-5-13-24(3)4,17-6-8-18(22)9-7-17)20-11-10-19(23-2)14-16(20)15-25/h6-11,14,25H,5,12-13,15H2,1,3-4H3. The summed E-state index contributed by atoms with van der Waals surface area (Å²) < 4.78 is 13.4. The Morgan fingerprint density at radius 2 is 1.84 bits per heavy atom. The molecule has 2 aromatic carbocycles. The molecule has 0 aromatic heterocycles. The molecule has 3 nitrogen and oxygen atoms in total. The van der Waals surface area contributed by atoms with Crippen molar-refractivity contribution in [2.75, 3.05) is 20.6 Å². The first-order valence-electron chi connectivity index (χ1n) is 8.43. The maximum absolute atomic E-state index is 13.4. The first-order chi connectivity index (χ1) is 11.9. The van der Waals surface area contributed by atoms with Crippen molar-refractivity contribution < 1.29 is 9.50 Å². The molecule has 0 aliphatic rings. The molecule has 0 spiro atoms. The van der Waals surface area contributed by atoms with Crippen molar-refractivity contribution in [3.8, 4) is 0 Å². The molecule has 0 amide bonds. The quantitative estimate of drug-likeness (QED) is 0.751. The van der Waals surface area contributed by atoms with Gasteiger partial charge in [0.15, 0.2) is 5.69 Å².